The van der Waals surface area contributed by atoms with Gasteiger partial charge in [-0.3, -0.25) is 9.69 Å². The van der Waals surface area contributed by atoms with E-state index in [9.17, 15) is 9.90 Å². The van der Waals surface area contributed by atoms with Gasteiger partial charge in [-0.05, 0) is 49.8 Å². The van der Waals surface area contributed by atoms with Crippen molar-refractivity contribution in [3.63, 3.8) is 0 Å². The van der Waals surface area contributed by atoms with Gasteiger partial charge in [-0.25, -0.2) is 0 Å². The van der Waals surface area contributed by atoms with Gasteiger partial charge in [0.05, 0.1) is 6.61 Å². The fourth-order valence-electron chi connectivity index (χ4n) is 4.62. The van der Waals surface area contributed by atoms with Crippen LogP contribution in [0.2, 0.25) is 0 Å². The number of carbonyl (C=O) groups excluding carboxylic acids is 1. The average Bonchev–Trinajstić information content (AvgIpc) is 3.36. The van der Waals surface area contributed by atoms with Crippen LogP contribution in [0.15, 0.2) is 24.3 Å². The number of aryl methyl sites for hydroxylation is 1. The highest BCUT2D eigenvalue weighted by Crippen LogP contribution is 2.44. The lowest BCUT2D eigenvalue weighted by Crippen LogP contribution is -2.50. The van der Waals surface area contributed by atoms with E-state index in [1.165, 1.54) is 11.1 Å². The van der Waals surface area contributed by atoms with Crippen molar-refractivity contribution in [1.29, 1.82) is 0 Å². The zero-order valence-electron chi connectivity index (χ0n) is 14.6. The molecular weight excluding hydrogens is 300 g/mol. The number of aliphatic hydroxyl groups excluding tert-OH is 1. The van der Waals surface area contributed by atoms with Crippen LogP contribution < -0.4 is 0 Å². The number of aliphatic hydroxyl groups is 1. The van der Waals surface area contributed by atoms with Crippen LogP contribution in [0.3, 0.4) is 0 Å². The molecule has 0 bridgehead atoms. The fraction of sp³-hybridized carbons (Fsp3) is 0.650. The molecule has 2 heterocycles. The molecule has 1 N–H and O–H groups in total. The Kier molecular flexibility index (Phi) is 4.13. The maximum atomic E-state index is 12.5. The summed E-state index contributed by atoms with van der Waals surface area (Å²) < 4.78 is 0. The highest BCUT2D eigenvalue weighted by atomic mass is 16.3. The molecule has 130 valence electrons. The molecule has 24 heavy (non-hydrogen) atoms. The molecule has 4 rings (SSSR count). The Morgan fingerprint density at radius 3 is 2.75 bits per heavy atom. The SMILES string of the molecule is Cc1ccccc1CN1CC[C@H]2CN(C(=O)C3CC3)C[C@@]2(CO)C1. The molecule has 3 fully saturated rings. The first-order valence-electron chi connectivity index (χ1n) is 9.28. The van der Waals surface area contributed by atoms with Gasteiger partial charge < -0.3 is 10.0 Å². The van der Waals surface area contributed by atoms with Crippen LogP contribution in [0.25, 0.3) is 0 Å². The van der Waals surface area contributed by atoms with Crippen molar-refractivity contribution in [3.05, 3.63) is 35.4 Å². The number of hydrogen-bond acceptors (Lipinski definition) is 3. The molecule has 0 radical (unpaired) electrons. The Balaban J connectivity index is 1.47. The number of fused-ring (bicyclic) bond motifs is 1. The van der Waals surface area contributed by atoms with Crippen molar-refractivity contribution < 1.29 is 9.90 Å². The number of likely N-dealkylation sites (tertiary alicyclic amines) is 2. The normalized spacial score (nSPS) is 30.4. The topological polar surface area (TPSA) is 43.8 Å². The molecule has 2 aliphatic heterocycles. The fourth-order valence-corrected chi connectivity index (χ4v) is 4.62. The predicted molar refractivity (Wildman–Crippen MR) is 93.4 cm³/mol. The first-order chi connectivity index (χ1) is 11.6. The minimum Gasteiger partial charge on any atom is -0.396 e. The van der Waals surface area contributed by atoms with E-state index >= 15 is 0 Å². The van der Waals surface area contributed by atoms with Gasteiger partial charge in [-0.15, -0.1) is 0 Å². The van der Waals surface area contributed by atoms with Crippen LogP contribution in [0, 0.1) is 24.2 Å². The van der Waals surface area contributed by atoms with Crippen molar-refractivity contribution in [2.24, 2.45) is 17.3 Å². The zero-order valence-corrected chi connectivity index (χ0v) is 14.6. The lowest BCUT2D eigenvalue weighted by Gasteiger charge is -2.43. The summed E-state index contributed by atoms with van der Waals surface area (Å²) in [6.45, 7) is 6.86. The molecule has 1 aromatic carbocycles. The van der Waals surface area contributed by atoms with E-state index in [4.69, 9.17) is 0 Å². The number of amides is 1. The molecule has 1 aromatic rings. The van der Waals surface area contributed by atoms with Crippen LogP contribution in [-0.4, -0.2) is 53.6 Å². The van der Waals surface area contributed by atoms with Crippen molar-refractivity contribution in [2.45, 2.75) is 32.7 Å². The summed E-state index contributed by atoms with van der Waals surface area (Å²) in [7, 11) is 0. The third kappa shape index (κ3) is 2.86. The van der Waals surface area contributed by atoms with Crippen molar-refractivity contribution in [3.8, 4) is 0 Å². The minimum absolute atomic E-state index is 0.120. The second-order valence-corrected chi connectivity index (χ2v) is 8.14. The molecule has 4 heteroatoms. The molecule has 0 aromatic heterocycles. The third-order valence-electron chi connectivity index (χ3n) is 6.35. The summed E-state index contributed by atoms with van der Waals surface area (Å²) in [5.74, 6) is 1.07. The van der Waals surface area contributed by atoms with E-state index in [-0.39, 0.29) is 17.9 Å². The largest absolute Gasteiger partial charge is 0.396 e. The minimum atomic E-state index is -0.120. The van der Waals surface area contributed by atoms with Crippen LogP contribution in [0.5, 0.6) is 0 Å². The van der Waals surface area contributed by atoms with E-state index in [2.05, 4.69) is 41.0 Å². The van der Waals surface area contributed by atoms with Gasteiger partial charge in [0.1, 0.15) is 0 Å². The Bertz CT molecular complexity index is 628. The third-order valence-corrected chi connectivity index (χ3v) is 6.35. The van der Waals surface area contributed by atoms with Crippen molar-refractivity contribution >= 4 is 5.91 Å². The molecule has 1 amide bonds. The lowest BCUT2D eigenvalue weighted by molar-refractivity contribution is -0.132. The quantitative estimate of drug-likeness (QED) is 0.920. The van der Waals surface area contributed by atoms with Crippen LogP contribution in [0.1, 0.15) is 30.4 Å². The number of rotatable bonds is 4. The molecule has 0 spiro atoms. The summed E-state index contributed by atoms with van der Waals surface area (Å²) in [5.41, 5.74) is 2.58. The number of benzene rings is 1. The lowest BCUT2D eigenvalue weighted by atomic mass is 9.74. The van der Waals surface area contributed by atoms with Gasteiger partial charge in [-0.2, -0.15) is 0 Å². The highest BCUT2D eigenvalue weighted by Gasteiger charge is 2.51. The Morgan fingerprint density at radius 2 is 2.04 bits per heavy atom. The zero-order chi connectivity index (χ0) is 16.7. The van der Waals surface area contributed by atoms with Crippen molar-refractivity contribution in [2.75, 3.05) is 32.8 Å². The number of piperidine rings is 1. The highest BCUT2D eigenvalue weighted by molar-refractivity contribution is 5.81. The predicted octanol–water partition coefficient (Wildman–Crippen LogP) is 2.05. The van der Waals surface area contributed by atoms with E-state index in [1.807, 2.05) is 0 Å². The summed E-state index contributed by atoms with van der Waals surface area (Å²) in [6.07, 6.45) is 3.21. The maximum absolute atomic E-state index is 12.5. The molecule has 2 atom stereocenters. The molecular formula is C20H28N2O2. The average molecular weight is 328 g/mol. The smallest absolute Gasteiger partial charge is 0.225 e. The van der Waals surface area contributed by atoms with Crippen LogP contribution in [0.4, 0.5) is 0 Å². The number of nitrogens with zero attached hydrogens (tertiary/aromatic N) is 2. The van der Waals surface area contributed by atoms with Gasteiger partial charge in [0.15, 0.2) is 0 Å². The second kappa shape index (κ2) is 6.16. The van der Waals surface area contributed by atoms with Crippen molar-refractivity contribution in [1.82, 2.24) is 9.80 Å². The van der Waals surface area contributed by atoms with E-state index in [1.54, 1.807) is 0 Å². The number of hydrogen-bond donors (Lipinski definition) is 1. The molecule has 2 saturated heterocycles. The van der Waals surface area contributed by atoms with Gasteiger partial charge in [0.25, 0.3) is 0 Å². The van der Waals surface area contributed by atoms with Gasteiger partial charge in [-0.1, -0.05) is 24.3 Å². The Labute approximate surface area is 144 Å². The molecule has 0 unspecified atom stereocenters. The monoisotopic (exact) mass is 328 g/mol. The standard InChI is InChI=1S/C20H28N2O2/c1-15-4-2-3-5-17(15)10-21-9-8-18-11-22(19(24)16-6-7-16)13-20(18,12-21)14-23/h2-5,16,18,23H,6-14H2,1H3/t18-,20+/m0/s1. The number of carbonyl (C=O) groups is 1. The molecule has 3 aliphatic rings. The summed E-state index contributed by atoms with van der Waals surface area (Å²) >= 11 is 0. The van der Waals surface area contributed by atoms with Crippen LogP contribution in [-0.2, 0) is 11.3 Å². The van der Waals surface area contributed by atoms with E-state index in [0.29, 0.717) is 11.8 Å². The summed E-state index contributed by atoms with van der Waals surface area (Å²) in [5, 5.41) is 10.2. The van der Waals surface area contributed by atoms with Gasteiger partial charge in [0.2, 0.25) is 5.91 Å². The Morgan fingerprint density at radius 1 is 1.25 bits per heavy atom. The van der Waals surface area contributed by atoms with E-state index < -0.39 is 0 Å². The van der Waals surface area contributed by atoms with Gasteiger partial charge in [0, 0.05) is 37.5 Å². The first-order valence-corrected chi connectivity index (χ1v) is 9.28. The van der Waals surface area contributed by atoms with Crippen LogP contribution >= 0.6 is 0 Å². The molecule has 4 nitrogen and oxygen atoms in total. The van der Waals surface area contributed by atoms with E-state index in [0.717, 1.165) is 52.0 Å². The second-order valence-electron chi connectivity index (χ2n) is 8.14. The van der Waals surface area contributed by atoms with Gasteiger partial charge >= 0.3 is 0 Å². The maximum Gasteiger partial charge on any atom is 0.225 e. The molecule has 1 saturated carbocycles. The summed E-state index contributed by atoms with van der Waals surface area (Å²) in [6, 6.07) is 8.54. The first kappa shape index (κ1) is 16.1. The summed E-state index contributed by atoms with van der Waals surface area (Å²) in [4.78, 5) is 17.0. The molecule has 1 aliphatic carbocycles. The Hall–Kier alpha value is -1.39.